The van der Waals surface area contributed by atoms with Crippen LogP contribution in [0.25, 0.3) is 0 Å². The third-order valence-electron chi connectivity index (χ3n) is 5.57. The number of aromatic carboxylic acids is 2. The standard InChI is InChI=1S/C26H42O4/c1-17(15-25(3,4)5)9-11-19-20(12-10-18(2)16-26(6,7)8)22(24(29)30)14-13-21(19)23(27)28/h13-14,17-18H,9-12,15-16H2,1-8H3,(H,27,28)(H,29,30)/p-2. The molecule has 0 aliphatic rings. The van der Waals surface area contributed by atoms with Gasteiger partial charge in [0.05, 0.1) is 11.9 Å². The Morgan fingerprint density at radius 1 is 0.733 bits per heavy atom. The van der Waals surface area contributed by atoms with Gasteiger partial charge >= 0.3 is 0 Å². The predicted octanol–water partition coefficient (Wildman–Crippen LogP) is 4.42. The van der Waals surface area contributed by atoms with Crippen LogP contribution in [0, 0.1) is 22.7 Å². The molecule has 0 aliphatic carbocycles. The van der Waals surface area contributed by atoms with Gasteiger partial charge in [-0.25, -0.2) is 0 Å². The minimum atomic E-state index is -1.25. The van der Waals surface area contributed by atoms with E-state index in [0.717, 1.165) is 25.7 Å². The molecule has 1 rings (SSSR count). The molecule has 0 radical (unpaired) electrons. The van der Waals surface area contributed by atoms with E-state index in [-0.39, 0.29) is 22.0 Å². The van der Waals surface area contributed by atoms with Crippen molar-refractivity contribution in [3.8, 4) is 0 Å². The van der Waals surface area contributed by atoms with E-state index in [1.54, 1.807) is 0 Å². The number of hydrogen-bond acceptors (Lipinski definition) is 4. The summed E-state index contributed by atoms with van der Waals surface area (Å²) in [7, 11) is 0. The van der Waals surface area contributed by atoms with Crippen LogP contribution in [0.2, 0.25) is 0 Å². The van der Waals surface area contributed by atoms with Crippen molar-refractivity contribution in [1.82, 2.24) is 0 Å². The molecule has 4 nitrogen and oxygen atoms in total. The van der Waals surface area contributed by atoms with Gasteiger partial charge in [0.25, 0.3) is 0 Å². The van der Waals surface area contributed by atoms with Crippen molar-refractivity contribution in [1.29, 1.82) is 0 Å². The summed E-state index contributed by atoms with van der Waals surface area (Å²) in [6, 6.07) is 2.73. The predicted molar refractivity (Wildman–Crippen MR) is 118 cm³/mol. The van der Waals surface area contributed by atoms with Gasteiger partial charge in [-0.2, -0.15) is 0 Å². The van der Waals surface area contributed by atoms with Crippen LogP contribution < -0.4 is 10.2 Å². The molecule has 170 valence electrons. The van der Waals surface area contributed by atoms with Crippen molar-refractivity contribution in [2.24, 2.45) is 22.7 Å². The Balaban J connectivity index is 3.22. The lowest BCUT2D eigenvalue weighted by atomic mass is 9.80. The van der Waals surface area contributed by atoms with Gasteiger partial charge in [-0.3, -0.25) is 0 Å². The number of benzene rings is 1. The van der Waals surface area contributed by atoms with E-state index in [9.17, 15) is 19.8 Å². The van der Waals surface area contributed by atoms with Crippen LogP contribution >= 0.6 is 0 Å². The maximum absolute atomic E-state index is 11.8. The molecule has 0 fully saturated rings. The van der Waals surface area contributed by atoms with Gasteiger partial charge < -0.3 is 19.8 Å². The van der Waals surface area contributed by atoms with Crippen LogP contribution in [-0.2, 0) is 12.8 Å². The van der Waals surface area contributed by atoms with Crippen molar-refractivity contribution < 1.29 is 19.8 Å². The monoisotopic (exact) mass is 416 g/mol. The SMILES string of the molecule is CC(CCc1c(C(=O)[O-])ccc(C(=O)[O-])c1CCC(C)CC(C)(C)C)CC(C)(C)C. The third kappa shape index (κ3) is 8.89. The summed E-state index contributed by atoms with van der Waals surface area (Å²) in [6.07, 6.45) is 4.71. The summed E-state index contributed by atoms with van der Waals surface area (Å²) in [5, 5.41) is 23.6. The molecule has 0 spiro atoms. The molecule has 0 bridgehead atoms. The summed E-state index contributed by atoms with van der Waals surface area (Å²) in [5.74, 6) is -1.69. The number of carboxylic acids is 2. The molecular weight excluding hydrogens is 376 g/mol. The van der Waals surface area contributed by atoms with Gasteiger partial charge in [0.15, 0.2) is 0 Å². The Kier molecular flexibility index (Phi) is 9.13. The average molecular weight is 417 g/mol. The van der Waals surface area contributed by atoms with E-state index in [1.165, 1.54) is 12.1 Å². The number of carbonyl (C=O) groups excluding carboxylic acids is 2. The van der Waals surface area contributed by atoms with E-state index in [1.807, 2.05) is 0 Å². The largest absolute Gasteiger partial charge is 0.545 e. The molecule has 30 heavy (non-hydrogen) atoms. The highest BCUT2D eigenvalue weighted by atomic mass is 16.4. The second-order valence-corrected chi connectivity index (χ2v) is 11.5. The van der Waals surface area contributed by atoms with Gasteiger partial charge in [-0.15, -0.1) is 0 Å². The molecule has 0 saturated carbocycles. The van der Waals surface area contributed by atoms with E-state index in [0.29, 0.717) is 35.8 Å². The Labute approximate surface area is 183 Å². The van der Waals surface area contributed by atoms with Crippen molar-refractivity contribution in [3.63, 3.8) is 0 Å². The minimum absolute atomic E-state index is 0.112. The molecule has 0 heterocycles. The summed E-state index contributed by atoms with van der Waals surface area (Å²) in [4.78, 5) is 23.6. The van der Waals surface area contributed by atoms with Crippen LogP contribution in [0.3, 0.4) is 0 Å². The van der Waals surface area contributed by atoms with Crippen molar-refractivity contribution in [2.75, 3.05) is 0 Å². The fraction of sp³-hybridized carbons (Fsp3) is 0.692. The highest BCUT2D eigenvalue weighted by Crippen LogP contribution is 2.31. The Hall–Kier alpha value is -1.84. The van der Waals surface area contributed by atoms with Crippen molar-refractivity contribution >= 4 is 11.9 Å². The zero-order valence-corrected chi connectivity index (χ0v) is 20.2. The molecular formula is C26H40O4-2. The third-order valence-corrected chi connectivity index (χ3v) is 5.57. The molecule has 1 aromatic rings. The maximum Gasteiger partial charge on any atom is 0.0718 e. The number of carbonyl (C=O) groups is 2. The van der Waals surface area contributed by atoms with Gasteiger partial charge in [-0.05, 0) is 72.3 Å². The Bertz CT molecular complexity index is 672. The lowest BCUT2D eigenvalue weighted by Crippen LogP contribution is -2.28. The zero-order valence-electron chi connectivity index (χ0n) is 20.2. The van der Waals surface area contributed by atoms with Gasteiger partial charge in [0, 0.05) is 11.1 Å². The average Bonchev–Trinajstić information content (AvgIpc) is 2.54. The topological polar surface area (TPSA) is 80.3 Å². The number of rotatable bonds is 10. The molecule has 1 aromatic carbocycles. The lowest BCUT2D eigenvalue weighted by molar-refractivity contribution is -0.256. The quantitative estimate of drug-likeness (QED) is 0.565. The summed E-state index contributed by atoms with van der Waals surface area (Å²) in [6.45, 7) is 17.5. The second kappa shape index (κ2) is 10.5. The zero-order chi connectivity index (χ0) is 23.3. The molecule has 0 aromatic heterocycles. The molecule has 2 atom stereocenters. The molecule has 0 saturated heterocycles. The Morgan fingerprint density at radius 3 is 1.27 bits per heavy atom. The van der Waals surface area contributed by atoms with Crippen molar-refractivity contribution in [3.05, 3.63) is 34.4 Å². The summed E-state index contributed by atoms with van der Waals surface area (Å²) in [5.41, 5.74) is 1.83. The maximum atomic E-state index is 11.8. The van der Waals surface area contributed by atoms with Gasteiger partial charge in [-0.1, -0.05) is 67.5 Å². The first-order valence-corrected chi connectivity index (χ1v) is 11.2. The van der Waals surface area contributed by atoms with Gasteiger partial charge in [0.2, 0.25) is 0 Å². The first-order valence-electron chi connectivity index (χ1n) is 11.2. The first kappa shape index (κ1) is 26.2. The first-order chi connectivity index (χ1) is 13.6. The molecule has 0 N–H and O–H groups in total. The highest BCUT2D eigenvalue weighted by molar-refractivity contribution is 5.93. The van der Waals surface area contributed by atoms with Gasteiger partial charge in [0.1, 0.15) is 0 Å². The van der Waals surface area contributed by atoms with Crippen molar-refractivity contribution in [2.45, 2.75) is 93.9 Å². The minimum Gasteiger partial charge on any atom is -0.545 e. The number of carboxylic acid groups (broad SMARTS) is 2. The summed E-state index contributed by atoms with van der Waals surface area (Å²) >= 11 is 0. The molecule has 4 heteroatoms. The van der Waals surface area contributed by atoms with Crippen LogP contribution in [0.1, 0.15) is 113 Å². The second-order valence-electron chi connectivity index (χ2n) is 11.5. The van der Waals surface area contributed by atoms with E-state index < -0.39 is 11.9 Å². The molecule has 0 amide bonds. The highest BCUT2D eigenvalue weighted by Gasteiger charge is 2.20. The van der Waals surface area contributed by atoms with Crippen LogP contribution in [-0.4, -0.2) is 11.9 Å². The van der Waals surface area contributed by atoms with Crippen LogP contribution in [0.15, 0.2) is 12.1 Å². The van der Waals surface area contributed by atoms with Crippen LogP contribution in [0.4, 0.5) is 0 Å². The van der Waals surface area contributed by atoms with Crippen LogP contribution in [0.5, 0.6) is 0 Å². The summed E-state index contributed by atoms with van der Waals surface area (Å²) < 4.78 is 0. The fourth-order valence-corrected chi connectivity index (χ4v) is 4.72. The smallest absolute Gasteiger partial charge is 0.0718 e. The van der Waals surface area contributed by atoms with E-state index in [2.05, 4.69) is 55.4 Å². The molecule has 0 aliphatic heterocycles. The normalized spacial score (nSPS) is 14.4. The van der Waals surface area contributed by atoms with E-state index >= 15 is 0 Å². The number of hydrogen-bond donors (Lipinski definition) is 0. The lowest BCUT2D eigenvalue weighted by Gasteiger charge is -2.26. The molecule has 2 unspecified atom stereocenters. The Morgan fingerprint density at radius 2 is 1.03 bits per heavy atom. The van der Waals surface area contributed by atoms with E-state index in [4.69, 9.17) is 0 Å². The fourth-order valence-electron chi connectivity index (χ4n) is 4.72.